The first-order valence-corrected chi connectivity index (χ1v) is 7.44. The molecule has 0 bridgehead atoms. The van der Waals surface area contributed by atoms with Gasteiger partial charge in [-0.05, 0) is 12.1 Å². The lowest BCUT2D eigenvalue weighted by atomic mass is 10.3. The molecule has 2 aromatic rings. The quantitative estimate of drug-likeness (QED) is 0.630. The van der Waals surface area contributed by atoms with Crippen molar-refractivity contribution in [1.82, 2.24) is 13.7 Å². The highest BCUT2D eigenvalue weighted by Gasteiger charge is 2.40. The molecule has 1 saturated heterocycles. The number of nitrogens with zero attached hydrogens (tertiary/aromatic N) is 3. The summed E-state index contributed by atoms with van der Waals surface area (Å²) in [6.07, 6.45) is -0.635. The van der Waals surface area contributed by atoms with Crippen molar-refractivity contribution in [1.29, 1.82) is 0 Å². The molecule has 0 amide bonds. The van der Waals surface area contributed by atoms with E-state index in [1.165, 1.54) is 4.40 Å². The molecular formula is C11H14N4O4S. The Morgan fingerprint density at radius 2 is 1.90 bits per heavy atom. The van der Waals surface area contributed by atoms with Gasteiger partial charge < -0.3 is 15.9 Å². The zero-order valence-corrected chi connectivity index (χ0v) is 11.2. The molecule has 0 aliphatic carbocycles. The number of fused-ring (bicyclic) bond motifs is 1. The third-order valence-electron chi connectivity index (χ3n) is 3.32. The molecular weight excluding hydrogens is 284 g/mol. The van der Waals surface area contributed by atoms with E-state index in [0.29, 0.717) is 5.65 Å². The Morgan fingerprint density at radius 3 is 2.55 bits per heavy atom. The highest BCUT2D eigenvalue weighted by Crippen LogP contribution is 2.26. The summed E-state index contributed by atoms with van der Waals surface area (Å²) >= 11 is 0. The Bertz CT molecular complexity index is 747. The summed E-state index contributed by atoms with van der Waals surface area (Å²) in [7, 11) is -3.93. The largest absolute Gasteiger partial charge is 0.389 e. The smallest absolute Gasteiger partial charge is 0.263 e. The topological polar surface area (TPSA) is 121 Å². The number of imidazole rings is 1. The molecule has 2 unspecified atom stereocenters. The van der Waals surface area contributed by atoms with Crippen LogP contribution < -0.4 is 5.73 Å². The van der Waals surface area contributed by atoms with Gasteiger partial charge in [-0.3, -0.25) is 4.40 Å². The van der Waals surface area contributed by atoms with Crippen LogP contribution in [0.4, 0.5) is 5.82 Å². The van der Waals surface area contributed by atoms with E-state index in [9.17, 15) is 18.6 Å². The third-order valence-corrected chi connectivity index (χ3v) is 5.19. The van der Waals surface area contributed by atoms with Gasteiger partial charge in [0.15, 0.2) is 10.8 Å². The van der Waals surface area contributed by atoms with E-state index in [1.807, 2.05) is 0 Å². The van der Waals surface area contributed by atoms with Crippen LogP contribution >= 0.6 is 0 Å². The summed E-state index contributed by atoms with van der Waals surface area (Å²) in [5, 5.41) is 18.9. The van der Waals surface area contributed by atoms with E-state index in [1.54, 1.807) is 24.4 Å². The van der Waals surface area contributed by atoms with Gasteiger partial charge in [0.05, 0.1) is 12.2 Å². The molecule has 1 fully saturated rings. The number of aromatic nitrogens is 2. The minimum atomic E-state index is -3.93. The number of aliphatic hydroxyl groups is 2. The van der Waals surface area contributed by atoms with Gasteiger partial charge in [0.2, 0.25) is 0 Å². The second-order valence-corrected chi connectivity index (χ2v) is 6.54. The molecule has 2 atom stereocenters. The van der Waals surface area contributed by atoms with Gasteiger partial charge >= 0.3 is 0 Å². The fraction of sp³-hybridized carbons (Fsp3) is 0.364. The van der Waals surface area contributed by atoms with Crippen molar-refractivity contribution in [3.8, 4) is 0 Å². The van der Waals surface area contributed by atoms with Crippen molar-refractivity contribution >= 4 is 21.5 Å². The Labute approximate surface area is 115 Å². The molecule has 2 aromatic heterocycles. The maximum absolute atomic E-state index is 12.6. The third kappa shape index (κ3) is 1.86. The number of rotatable bonds is 2. The van der Waals surface area contributed by atoms with Gasteiger partial charge in [-0.15, -0.1) is 0 Å². The van der Waals surface area contributed by atoms with Crippen LogP contribution in [0, 0.1) is 0 Å². The number of hydrogen-bond acceptors (Lipinski definition) is 6. The fourth-order valence-corrected chi connectivity index (χ4v) is 3.96. The van der Waals surface area contributed by atoms with Gasteiger partial charge in [-0.1, -0.05) is 6.07 Å². The van der Waals surface area contributed by atoms with Gasteiger partial charge in [-0.25, -0.2) is 13.4 Å². The summed E-state index contributed by atoms with van der Waals surface area (Å²) < 4.78 is 27.6. The number of anilines is 1. The van der Waals surface area contributed by atoms with Crippen LogP contribution in [-0.4, -0.2) is 57.6 Å². The van der Waals surface area contributed by atoms with Crippen LogP contribution in [0.2, 0.25) is 0 Å². The SMILES string of the molecule is Nc1nc2ccccn2c1S(=O)(=O)N1CC(O)C(O)C1. The first kappa shape index (κ1) is 13.3. The number of β-amino-alcohol motifs (C(OH)–C–C–N with tert-alkyl or cyclic N) is 2. The molecule has 9 heteroatoms. The normalized spacial score (nSPS) is 24.5. The van der Waals surface area contributed by atoms with Crippen LogP contribution in [0.3, 0.4) is 0 Å². The number of pyridine rings is 1. The molecule has 0 spiro atoms. The van der Waals surface area contributed by atoms with E-state index >= 15 is 0 Å². The van der Waals surface area contributed by atoms with E-state index in [-0.39, 0.29) is 23.9 Å². The Kier molecular flexibility index (Phi) is 2.94. The highest BCUT2D eigenvalue weighted by atomic mass is 32.2. The molecule has 20 heavy (non-hydrogen) atoms. The van der Waals surface area contributed by atoms with Gasteiger partial charge in [0.1, 0.15) is 5.65 Å². The minimum absolute atomic E-state index is 0.105. The van der Waals surface area contributed by atoms with Gasteiger partial charge in [0.25, 0.3) is 10.0 Å². The Morgan fingerprint density at radius 1 is 1.25 bits per heavy atom. The number of aliphatic hydroxyl groups excluding tert-OH is 2. The maximum atomic E-state index is 12.6. The lowest BCUT2D eigenvalue weighted by Crippen LogP contribution is -2.31. The van der Waals surface area contributed by atoms with E-state index < -0.39 is 22.2 Å². The summed E-state index contributed by atoms with van der Waals surface area (Å²) in [6, 6.07) is 5.03. The van der Waals surface area contributed by atoms with Crippen molar-refractivity contribution in [3.63, 3.8) is 0 Å². The second kappa shape index (κ2) is 4.42. The lowest BCUT2D eigenvalue weighted by Gasteiger charge is -2.15. The van der Waals surface area contributed by atoms with Crippen molar-refractivity contribution in [2.24, 2.45) is 0 Å². The summed E-state index contributed by atoms with van der Waals surface area (Å²) in [5.41, 5.74) is 6.13. The monoisotopic (exact) mass is 298 g/mol. The maximum Gasteiger partial charge on any atom is 0.263 e. The fourth-order valence-electron chi connectivity index (χ4n) is 2.30. The van der Waals surface area contributed by atoms with Crippen LogP contribution in [0.1, 0.15) is 0 Å². The van der Waals surface area contributed by atoms with Crippen LogP contribution in [0.5, 0.6) is 0 Å². The van der Waals surface area contributed by atoms with Crippen LogP contribution in [0.15, 0.2) is 29.4 Å². The Balaban J connectivity index is 2.13. The molecule has 0 saturated carbocycles. The lowest BCUT2D eigenvalue weighted by molar-refractivity contribution is 0.0572. The van der Waals surface area contributed by atoms with Crippen molar-refractivity contribution in [2.45, 2.75) is 17.2 Å². The van der Waals surface area contributed by atoms with Crippen molar-refractivity contribution in [3.05, 3.63) is 24.4 Å². The number of hydrogen-bond donors (Lipinski definition) is 3. The standard InChI is InChI=1S/C11H14N4O4S/c12-10-11(15-4-2-1-3-9(15)13-10)20(18,19)14-5-7(16)8(17)6-14/h1-4,7-8,16-17H,5-6,12H2. The predicted molar refractivity (Wildman–Crippen MR) is 70.4 cm³/mol. The first-order valence-electron chi connectivity index (χ1n) is 6.00. The minimum Gasteiger partial charge on any atom is -0.389 e. The summed E-state index contributed by atoms with van der Waals surface area (Å²) in [5.74, 6) is -0.105. The Hall–Kier alpha value is -1.68. The van der Waals surface area contributed by atoms with Gasteiger partial charge in [-0.2, -0.15) is 4.31 Å². The molecule has 0 aromatic carbocycles. The van der Waals surface area contributed by atoms with Crippen LogP contribution in [-0.2, 0) is 10.0 Å². The zero-order chi connectivity index (χ0) is 14.5. The molecule has 3 rings (SSSR count). The molecule has 3 heterocycles. The molecule has 1 aliphatic rings. The summed E-state index contributed by atoms with van der Waals surface area (Å²) in [4.78, 5) is 4.00. The average molecular weight is 298 g/mol. The van der Waals surface area contributed by atoms with Crippen molar-refractivity contribution in [2.75, 3.05) is 18.8 Å². The second-order valence-electron chi connectivity index (χ2n) is 4.69. The van der Waals surface area contributed by atoms with E-state index in [0.717, 1.165) is 4.31 Å². The van der Waals surface area contributed by atoms with E-state index in [2.05, 4.69) is 4.98 Å². The first-order chi connectivity index (χ1) is 9.41. The number of nitrogen functional groups attached to an aromatic ring is 1. The molecule has 0 radical (unpaired) electrons. The molecule has 108 valence electrons. The molecule has 8 nitrogen and oxygen atoms in total. The highest BCUT2D eigenvalue weighted by molar-refractivity contribution is 7.89. The van der Waals surface area contributed by atoms with E-state index in [4.69, 9.17) is 5.73 Å². The summed E-state index contributed by atoms with van der Waals surface area (Å²) in [6.45, 7) is -0.327. The number of nitrogens with two attached hydrogens (primary N) is 1. The predicted octanol–water partition coefficient (Wildman–Crippen LogP) is -1.36. The van der Waals surface area contributed by atoms with Gasteiger partial charge in [0, 0.05) is 19.3 Å². The van der Waals surface area contributed by atoms with Crippen LogP contribution in [0.25, 0.3) is 5.65 Å². The molecule has 1 aliphatic heterocycles. The van der Waals surface area contributed by atoms with Crippen molar-refractivity contribution < 1.29 is 18.6 Å². The number of sulfonamides is 1. The molecule has 4 N–H and O–H groups in total. The average Bonchev–Trinajstić information content (AvgIpc) is 2.90. The zero-order valence-electron chi connectivity index (χ0n) is 10.4.